The molecule has 0 unspecified atom stereocenters. The summed E-state index contributed by atoms with van der Waals surface area (Å²) >= 11 is 0. The number of rotatable bonds is 7. The molecule has 9 heteroatoms. The molecule has 118 valence electrons. The van der Waals surface area contributed by atoms with Crippen molar-refractivity contribution < 1.29 is 29.4 Å². The summed E-state index contributed by atoms with van der Waals surface area (Å²) in [7, 11) is 0. The van der Waals surface area contributed by atoms with Gasteiger partial charge in [-0.15, -0.1) is 0 Å². The lowest BCUT2D eigenvalue weighted by atomic mass is 10.2. The van der Waals surface area contributed by atoms with E-state index in [-0.39, 0.29) is 18.9 Å². The smallest absolute Gasteiger partial charge is 0.326 e. The van der Waals surface area contributed by atoms with Gasteiger partial charge in [-0.2, -0.15) is 0 Å². The van der Waals surface area contributed by atoms with Crippen LogP contribution in [0.2, 0.25) is 0 Å². The van der Waals surface area contributed by atoms with E-state index in [4.69, 9.17) is 10.2 Å². The number of carboxylic acids is 2. The molecule has 4 N–H and O–H groups in total. The lowest BCUT2D eigenvalue weighted by Gasteiger charge is -2.16. The number of carbonyl (C=O) groups excluding carboxylic acids is 2. The third-order valence-electron chi connectivity index (χ3n) is 3.07. The Kier molecular flexibility index (Phi) is 6.44. The first-order valence-corrected chi connectivity index (χ1v) is 6.67. The number of carbonyl (C=O) groups is 4. The second kappa shape index (κ2) is 8.08. The van der Waals surface area contributed by atoms with Crippen molar-refractivity contribution in [2.45, 2.75) is 31.7 Å². The fourth-order valence-corrected chi connectivity index (χ4v) is 1.99. The van der Waals surface area contributed by atoms with Crippen LogP contribution in [0.4, 0.5) is 4.79 Å². The van der Waals surface area contributed by atoms with Gasteiger partial charge in [0.2, 0.25) is 5.91 Å². The first-order valence-electron chi connectivity index (χ1n) is 6.67. The Morgan fingerprint density at radius 3 is 2.24 bits per heavy atom. The summed E-state index contributed by atoms with van der Waals surface area (Å²) in [5.74, 6) is -2.82. The number of nitrogens with zero attached hydrogens (tertiary/aromatic N) is 1. The molecular formula is C12H19N3O6. The molecule has 0 bridgehead atoms. The Balaban J connectivity index is 2.27. The van der Waals surface area contributed by atoms with Crippen molar-refractivity contribution in [3.8, 4) is 0 Å². The van der Waals surface area contributed by atoms with Crippen molar-refractivity contribution >= 4 is 23.9 Å². The molecule has 9 nitrogen and oxygen atoms in total. The molecule has 21 heavy (non-hydrogen) atoms. The summed E-state index contributed by atoms with van der Waals surface area (Å²) < 4.78 is 0. The molecule has 1 saturated heterocycles. The number of likely N-dealkylation sites (tertiary alicyclic amines) is 1. The molecular weight excluding hydrogens is 282 g/mol. The summed E-state index contributed by atoms with van der Waals surface area (Å²) in [5, 5.41) is 21.7. The average molecular weight is 301 g/mol. The molecule has 0 saturated carbocycles. The number of nitrogens with one attached hydrogen (secondary N) is 2. The van der Waals surface area contributed by atoms with E-state index in [0.717, 1.165) is 25.9 Å². The number of urea groups is 1. The van der Waals surface area contributed by atoms with Gasteiger partial charge in [-0.1, -0.05) is 0 Å². The minimum Gasteiger partial charge on any atom is -0.481 e. The van der Waals surface area contributed by atoms with Crippen LogP contribution in [0.25, 0.3) is 0 Å². The monoisotopic (exact) mass is 301 g/mol. The second-order valence-corrected chi connectivity index (χ2v) is 4.73. The van der Waals surface area contributed by atoms with Crippen LogP contribution < -0.4 is 10.6 Å². The highest BCUT2D eigenvalue weighted by molar-refractivity contribution is 5.86. The van der Waals surface area contributed by atoms with Crippen LogP contribution in [0.1, 0.15) is 25.7 Å². The number of carboxylic acid groups (broad SMARTS) is 2. The van der Waals surface area contributed by atoms with Crippen molar-refractivity contribution in [1.29, 1.82) is 0 Å². The SMILES string of the molecule is O=C(O)C[C@H](NC(=O)NCCC(=O)N1CCCC1)C(=O)O. The molecule has 0 aromatic heterocycles. The fraction of sp³-hybridized carbons (Fsp3) is 0.667. The maximum atomic E-state index is 11.7. The summed E-state index contributed by atoms with van der Waals surface area (Å²) in [4.78, 5) is 46.1. The minimum atomic E-state index is -1.50. The first-order chi connectivity index (χ1) is 9.90. The lowest BCUT2D eigenvalue weighted by Crippen LogP contribution is -2.47. The molecule has 1 rings (SSSR count). The van der Waals surface area contributed by atoms with Crippen molar-refractivity contribution in [2.24, 2.45) is 0 Å². The molecule has 0 aromatic rings. The van der Waals surface area contributed by atoms with Crippen LogP contribution in [0.3, 0.4) is 0 Å². The fourth-order valence-electron chi connectivity index (χ4n) is 1.99. The van der Waals surface area contributed by atoms with E-state index in [1.54, 1.807) is 4.90 Å². The van der Waals surface area contributed by atoms with E-state index in [9.17, 15) is 19.2 Å². The highest BCUT2D eigenvalue weighted by Gasteiger charge is 2.23. The van der Waals surface area contributed by atoms with Gasteiger partial charge in [-0.05, 0) is 12.8 Å². The average Bonchev–Trinajstić information content (AvgIpc) is 2.91. The Labute approximate surface area is 121 Å². The van der Waals surface area contributed by atoms with Crippen molar-refractivity contribution in [2.75, 3.05) is 19.6 Å². The van der Waals surface area contributed by atoms with Gasteiger partial charge in [0, 0.05) is 26.1 Å². The molecule has 1 atom stereocenters. The van der Waals surface area contributed by atoms with Crippen molar-refractivity contribution in [1.82, 2.24) is 15.5 Å². The Morgan fingerprint density at radius 1 is 1.10 bits per heavy atom. The van der Waals surface area contributed by atoms with Crippen LogP contribution in [-0.4, -0.2) is 64.7 Å². The predicted molar refractivity (Wildman–Crippen MR) is 70.6 cm³/mol. The summed E-state index contributed by atoms with van der Waals surface area (Å²) in [6.07, 6.45) is 1.38. The molecule has 1 fully saturated rings. The number of amides is 3. The van der Waals surface area contributed by atoms with Gasteiger partial charge in [-0.3, -0.25) is 9.59 Å². The van der Waals surface area contributed by atoms with Gasteiger partial charge >= 0.3 is 18.0 Å². The predicted octanol–water partition coefficient (Wildman–Crippen LogP) is -0.774. The topological polar surface area (TPSA) is 136 Å². The first kappa shape index (κ1) is 16.7. The largest absolute Gasteiger partial charge is 0.481 e. The van der Waals surface area contributed by atoms with Crippen LogP contribution in [0, 0.1) is 0 Å². The standard InChI is InChI=1S/C12H19N3O6/c16-9(15-5-1-2-6-15)3-4-13-12(21)14-8(11(19)20)7-10(17)18/h8H,1-7H2,(H,17,18)(H,19,20)(H2,13,14,21)/t8-/m0/s1. The normalized spacial score (nSPS) is 15.3. The number of hydrogen-bond donors (Lipinski definition) is 4. The summed E-state index contributed by atoms with van der Waals surface area (Å²) in [6.45, 7) is 1.52. The molecule has 1 aliphatic heterocycles. The van der Waals surface area contributed by atoms with Gasteiger partial charge in [0.05, 0.1) is 6.42 Å². The zero-order valence-corrected chi connectivity index (χ0v) is 11.5. The minimum absolute atomic E-state index is 0.0619. The zero-order chi connectivity index (χ0) is 15.8. The Hall–Kier alpha value is -2.32. The molecule has 0 radical (unpaired) electrons. The van der Waals surface area contributed by atoms with Gasteiger partial charge in [0.1, 0.15) is 6.04 Å². The van der Waals surface area contributed by atoms with E-state index in [1.807, 2.05) is 5.32 Å². The maximum absolute atomic E-state index is 11.7. The molecule has 3 amide bonds. The second-order valence-electron chi connectivity index (χ2n) is 4.73. The quantitative estimate of drug-likeness (QED) is 0.487. The number of aliphatic carboxylic acids is 2. The highest BCUT2D eigenvalue weighted by Crippen LogP contribution is 2.08. The van der Waals surface area contributed by atoms with E-state index in [1.165, 1.54) is 0 Å². The summed E-state index contributed by atoms with van der Waals surface area (Å²) in [5.41, 5.74) is 0. The van der Waals surface area contributed by atoms with Gasteiger partial charge < -0.3 is 25.7 Å². The van der Waals surface area contributed by atoms with E-state index < -0.39 is 30.4 Å². The number of hydrogen-bond acceptors (Lipinski definition) is 4. The van der Waals surface area contributed by atoms with Gasteiger partial charge in [0.15, 0.2) is 0 Å². The molecule has 0 aromatic carbocycles. The summed E-state index contributed by atoms with van der Waals surface area (Å²) in [6, 6.07) is -2.31. The van der Waals surface area contributed by atoms with Crippen LogP contribution in [-0.2, 0) is 14.4 Å². The van der Waals surface area contributed by atoms with E-state index in [2.05, 4.69) is 5.32 Å². The van der Waals surface area contributed by atoms with Gasteiger partial charge in [-0.25, -0.2) is 9.59 Å². The molecule has 0 spiro atoms. The van der Waals surface area contributed by atoms with Gasteiger partial charge in [0.25, 0.3) is 0 Å². The molecule has 0 aliphatic carbocycles. The Morgan fingerprint density at radius 2 is 1.71 bits per heavy atom. The zero-order valence-electron chi connectivity index (χ0n) is 11.5. The Bertz CT molecular complexity index is 419. The van der Waals surface area contributed by atoms with Crippen LogP contribution in [0.5, 0.6) is 0 Å². The third-order valence-corrected chi connectivity index (χ3v) is 3.07. The van der Waals surface area contributed by atoms with Crippen molar-refractivity contribution in [3.63, 3.8) is 0 Å². The van der Waals surface area contributed by atoms with Crippen LogP contribution >= 0.6 is 0 Å². The third kappa shape index (κ3) is 6.11. The maximum Gasteiger partial charge on any atom is 0.326 e. The van der Waals surface area contributed by atoms with Crippen molar-refractivity contribution in [3.05, 3.63) is 0 Å². The lowest BCUT2D eigenvalue weighted by molar-refractivity contribution is -0.145. The molecule has 1 aliphatic rings. The highest BCUT2D eigenvalue weighted by atomic mass is 16.4. The van der Waals surface area contributed by atoms with E-state index in [0.29, 0.717) is 0 Å². The van der Waals surface area contributed by atoms with E-state index >= 15 is 0 Å². The molecule has 1 heterocycles. The van der Waals surface area contributed by atoms with Crippen LogP contribution in [0.15, 0.2) is 0 Å².